The minimum absolute atomic E-state index is 0.180. The van der Waals surface area contributed by atoms with E-state index in [1.54, 1.807) is 54.6 Å². The first-order chi connectivity index (χ1) is 15.9. The molecule has 8 heteroatoms. The lowest BCUT2D eigenvalue weighted by molar-refractivity contribution is -0.141. The van der Waals surface area contributed by atoms with E-state index in [9.17, 15) is 14.7 Å². The van der Waals surface area contributed by atoms with E-state index < -0.39 is 11.9 Å². The summed E-state index contributed by atoms with van der Waals surface area (Å²) in [6.07, 6.45) is 0.724. The van der Waals surface area contributed by atoms with E-state index in [1.807, 2.05) is 6.07 Å². The van der Waals surface area contributed by atoms with Gasteiger partial charge in [-0.1, -0.05) is 29.3 Å². The Kier molecular flexibility index (Phi) is 7.06. The van der Waals surface area contributed by atoms with Gasteiger partial charge in [-0.25, -0.2) is 0 Å². The van der Waals surface area contributed by atoms with Crippen molar-refractivity contribution >= 4 is 40.8 Å². The van der Waals surface area contributed by atoms with Crippen LogP contribution in [0.15, 0.2) is 60.7 Å². The third-order valence-electron chi connectivity index (χ3n) is 5.44. The quantitative estimate of drug-likeness (QED) is 0.446. The second kappa shape index (κ2) is 10.1. The number of amides is 1. The Morgan fingerprint density at radius 1 is 0.848 bits per heavy atom. The maximum Gasteiger partial charge on any atom is 0.307 e. The standard InChI is InChI=1S/C25H21Cl2NO5/c26-17-2-6-19(7-3-17)32-13-15-1-10-23(22-12-16(25(30)31)11-21(15)22)28-24(29)14-33-20-8-4-18(27)5-9-20/h1-10,16H,11-14H2,(H,28,29)(H,30,31). The van der Waals surface area contributed by atoms with Gasteiger partial charge in [0.2, 0.25) is 0 Å². The Morgan fingerprint density at radius 2 is 1.42 bits per heavy atom. The summed E-state index contributed by atoms with van der Waals surface area (Å²) >= 11 is 11.8. The number of anilines is 1. The largest absolute Gasteiger partial charge is 0.489 e. The normalized spacial score (nSPS) is 14.4. The van der Waals surface area contributed by atoms with Crippen molar-refractivity contribution in [2.45, 2.75) is 19.4 Å². The van der Waals surface area contributed by atoms with Gasteiger partial charge in [0.15, 0.2) is 6.61 Å². The molecule has 6 nitrogen and oxygen atoms in total. The van der Waals surface area contributed by atoms with Gasteiger partial charge in [-0.15, -0.1) is 0 Å². The first-order valence-electron chi connectivity index (χ1n) is 10.3. The highest BCUT2D eigenvalue weighted by molar-refractivity contribution is 6.30. The molecule has 0 radical (unpaired) electrons. The van der Waals surface area contributed by atoms with Gasteiger partial charge in [-0.05, 0) is 84.1 Å². The van der Waals surface area contributed by atoms with Crippen molar-refractivity contribution in [1.82, 2.24) is 0 Å². The molecule has 4 rings (SSSR count). The molecule has 1 aliphatic carbocycles. The molecule has 0 spiro atoms. The molecule has 0 heterocycles. The average molecular weight is 486 g/mol. The molecular weight excluding hydrogens is 465 g/mol. The molecule has 1 atom stereocenters. The number of rotatable bonds is 8. The van der Waals surface area contributed by atoms with E-state index in [2.05, 4.69) is 5.32 Å². The number of ether oxygens (including phenoxy) is 2. The molecule has 0 aliphatic heterocycles. The predicted octanol–water partition coefficient (Wildman–Crippen LogP) is 5.39. The topological polar surface area (TPSA) is 84.9 Å². The van der Waals surface area contributed by atoms with Crippen molar-refractivity contribution in [3.8, 4) is 11.5 Å². The van der Waals surface area contributed by atoms with Crippen LogP contribution in [-0.4, -0.2) is 23.6 Å². The molecule has 3 aromatic carbocycles. The minimum Gasteiger partial charge on any atom is -0.489 e. The van der Waals surface area contributed by atoms with E-state index in [0.29, 0.717) is 40.1 Å². The van der Waals surface area contributed by atoms with E-state index >= 15 is 0 Å². The van der Waals surface area contributed by atoms with Gasteiger partial charge in [-0.2, -0.15) is 0 Å². The van der Waals surface area contributed by atoms with Crippen molar-refractivity contribution in [1.29, 1.82) is 0 Å². The fourth-order valence-corrected chi connectivity index (χ4v) is 4.03. The summed E-state index contributed by atoms with van der Waals surface area (Å²) < 4.78 is 11.4. The Bertz CT molecular complexity index is 1160. The number of hydrogen-bond acceptors (Lipinski definition) is 4. The maximum absolute atomic E-state index is 12.5. The van der Waals surface area contributed by atoms with Crippen LogP contribution >= 0.6 is 23.2 Å². The lowest BCUT2D eigenvalue weighted by atomic mass is 10.0. The molecule has 1 aliphatic rings. The van der Waals surface area contributed by atoms with Gasteiger partial charge in [-0.3, -0.25) is 9.59 Å². The predicted molar refractivity (Wildman–Crippen MR) is 126 cm³/mol. The molecule has 170 valence electrons. The van der Waals surface area contributed by atoms with E-state index in [4.69, 9.17) is 32.7 Å². The average Bonchev–Trinajstić information content (AvgIpc) is 3.26. The molecule has 1 amide bonds. The molecule has 3 aromatic rings. The Hall–Kier alpha value is -3.22. The van der Waals surface area contributed by atoms with Crippen LogP contribution in [0.5, 0.6) is 11.5 Å². The summed E-state index contributed by atoms with van der Waals surface area (Å²) in [5.74, 6) is -0.550. The van der Waals surface area contributed by atoms with Crippen LogP contribution in [0, 0.1) is 5.92 Å². The first kappa shape index (κ1) is 23.0. The fraction of sp³-hybridized carbons (Fsp3) is 0.200. The molecular formula is C25H21Cl2NO5. The van der Waals surface area contributed by atoms with Gasteiger partial charge in [0.25, 0.3) is 5.91 Å². The monoisotopic (exact) mass is 485 g/mol. The second-order valence-corrected chi connectivity index (χ2v) is 8.58. The van der Waals surface area contributed by atoms with Crippen molar-refractivity contribution in [3.05, 3.63) is 87.4 Å². The Labute approximate surface area is 201 Å². The number of fused-ring (bicyclic) bond motifs is 1. The zero-order valence-electron chi connectivity index (χ0n) is 17.5. The summed E-state index contributed by atoms with van der Waals surface area (Å²) in [6, 6.07) is 17.4. The van der Waals surface area contributed by atoms with Crippen LogP contribution < -0.4 is 14.8 Å². The summed E-state index contributed by atoms with van der Waals surface area (Å²) in [4.78, 5) is 24.1. The third-order valence-corrected chi connectivity index (χ3v) is 5.95. The van der Waals surface area contributed by atoms with Crippen LogP contribution in [0.3, 0.4) is 0 Å². The van der Waals surface area contributed by atoms with Gasteiger partial charge in [0, 0.05) is 15.7 Å². The molecule has 0 aromatic heterocycles. The number of nitrogens with one attached hydrogen (secondary N) is 1. The number of aliphatic carboxylic acids is 1. The molecule has 0 saturated heterocycles. The van der Waals surface area contributed by atoms with Gasteiger partial charge in [0.05, 0.1) is 5.92 Å². The number of benzene rings is 3. The molecule has 0 bridgehead atoms. The highest BCUT2D eigenvalue weighted by atomic mass is 35.5. The van der Waals surface area contributed by atoms with Crippen molar-refractivity contribution in [3.63, 3.8) is 0 Å². The number of halogens is 2. The SMILES string of the molecule is O=C(COc1ccc(Cl)cc1)Nc1ccc(COc2ccc(Cl)cc2)c2c1CC(C(=O)O)C2. The molecule has 33 heavy (non-hydrogen) atoms. The van der Waals surface area contributed by atoms with Crippen LogP contribution in [-0.2, 0) is 29.0 Å². The van der Waals surface area contributed by atoms with Crippen LogP contribution in [0.1, 0.15) is 16.7 Å². The second-order valence-electron chi connectivity index (χ2n) is 7.71. The van der Waals surface area contributed by atoms with E-state index in [0.717, 1.165) is 16.7 Å². The fourth-order valence-electron chi connectivity index (χ4n) is 3.78. The van der Waals surface area contributed by atoms with Crippen molar-refractivity contribution in [2.75, 3.05) is 11.9 Å². The summed E-state index contributed by atoms with van der Waals surface area (Å²) in [7, 11) is 0. The maximum atomic E-state index is 12.5. The number of carbonyl (C=O) groups is 2. The highest BCUT2D eigenvalue weighted by Crippen LogP contribution is 2.36. The lowest BCUT2D eigenvalue weighted by Crippen LogP contribution is -2.21. The first-order valence-corrected chi connectivity index (χ1v) is 11.1. The zero-order valence-corrected chi connectivity index (χ0v) is 19.0. The number of carboxylic acids is 1. The lowest BCUT2D eigenvalue weighted by Gasteiger charge is -2.15. The summed E-state index contributed by atoms with van der Waals surface area (Å²) in [5, 5.41) is 13.6. The Morgan fingerprint density at radius 3 is 2.03 bits per heavy atom. The molecule has 1 unspecified atom stereocenters. The third kappa shape index (κ3) is 5.78. The van der Waals surface area contributed by atoms with E-state index in [1.165, 1.54) is 0 Å². The smallest absolute Gasteiger partial charge is 0.307 e. The van der Waals surface area contributed by atoms with Crippen molar-refractivity contribution in [2.24, 2.45) is 5.92 Å². The zero-order chi connectivity index (χ0) is 23.4. The number of carbonyl (C=O) groups excluding carboxylic acids is 1. The van der Waals surface area contributed by atoms with Crippen molar-refractivity contribution < 1.29 is 24.2 Å². The van der Waals surface area contributed by atoms with Gasteiger partial charge < -0.3 is 19.9 Å². The molecule has 0 fully saturated rings. The number of hydrogen-bond donors (Lipinski definition) is 2. The van der Waals surface area contributed by atoms with Crippen LogP contribution in [0.2, 0.25) is 10.0 Å². The molecule has 2 N–H and O–H groups in total. The Balaban J connectivity index is 1.47. The molecule has 0 saturated carbocycles. The van der Waals surface area contributed by atoms with Crippen LogP contribution in [0.25, 0.3) is 0 Å². The van der Waals surface area contributed by atoms with Gasteiger partial charge >= 0.3 is 5.97 Å². The summed E-state index contributed by atoms with van der Waals surface area (Å²) in [6.45, 7) is 0.102. The highest BCUT2D eigenvalue weighted by Gasteiger charge is 2.31. The van der Waals surface area contributed by atoms with Gasteiger partial charge in [0.1, 0.15) is 18.1 Å². The summed E-state index contributed by atoms with van der Waals surface area (Å²) in [5.41, 5.74) is 3.19. The minimum atomic E-state index is -0.862. The number of carboxylic acid groups (broad SMARTS) is 1. The van der Waals surface area contributed by atoms with Crippen LogP contribution in [0.4, 0.5) is 5.69 Å². The van der Waals surface area contributed by atoms with E-state index in [-0.39, 0.29) is 19.1 Å².